The van der Waals surface area contributed by atoms with E-state index in [1.807, 2.05) is 11.4 Å². The molecule has 0 atom stereocenters. The van der Waals surface area contributed by atoms with Crippen LogP contribution in [0.15, 0.2) is 44.9 Å². The summed E-state index contributed by atoms with van der Waals surface area (Å²) in [7, 11) is 0. The van der Waals surface area contributed by atoms with E-state index in [4.69, 9.17) is 4.42 Å². The molecule has 0 bridgehead atoms. The van der Waals surface area contributed by atoms with E-state index in [1.54, 1.807) is 12.1 Å². The van der Waals surface area contributed by atoms with Crippen molar-refractivity contribution in [2.24, 2.45) is 0 Å². The highest BCUT2D eigenvalue weighted by molar-refractivity contribution is 7.13. The lowest BCUT2D eigenvalue weighted by Crippen LogP contribution is -2.02. The second-order valence-corrected chi connectivity index (χ2v) is 4.69. The number of thiophene rings is 1. The molecule has 0 spiro atoms. The molecule has 90 valence electrons. The van der Waals surface area contributed by atoms with E-state index in [-0.39, 0.29) is 5.58 Å². The highest BCUT2D eigenvalue weighted by Crippen LogP contribution is 2.28. The van der Waals surface area contributed by atoms with Crippen LogP contribution < -0.4 is 5.63 Å². The maximum Gasteiger partial charge on any atom is 0.345 e. The first-order valence-corrected chi connectivity index (χ1v) is 6.04. The van der Waals surface area contributed by atoms with Crippen molar-refractivity contribution < 1.29 is 13.9 Å². The first-order valence-electron chi connectivity index (χ1n) is 5.16. The monoisotopic (exact) mass is 262 g/mol. The third-order valence-electron chi connectivity index (χ3n) is 2.61. The van der Waals surface area contributed by atoms with Crippen LogP contribution in [0.5, 0.6) is 5.75 Å². The van der Waals surface area contributed by atoms with Crippen LogP contribution in [0.4, 0.5) is 4.39 Å². The number of phenols is 1. The molecule has 0 saturated carbocycles. The minimum atomic E-state index is -0.915. The van der Waals surface area contributed by atoms with Gasteiger partial charge in [0.1, 0.15) is 0 Å². The van der Waals surface area contributed by atoms with E-state index < -0.39 is 17.2 Å². The molecule has 2 aromatic heterocycles. The van der Waals surface area contributed by atoms with Gasteiger partial charge in [0.15, 0.2) is 11.3 Å². The Hall–Kier alpha value is -2.14. The topological polar surface area (TPSA) is 50.4 Å². The van der Waals surface area contributed by atoms with E-state index >= 15 is 0 Å². The molecule has 0 aliphatic rings. The van der Waals surface area contributed by atoms with Crippen molar-refractivity contribution in [2.45, 2.75) is 0 Å². The van der Waals surface area contributed by atoms with Gasteiger partial charge in [-0.1, -0.05) is 6.07 Å². The fourth-order valence-corrected chi connectivity index (χ4v) is 2.47. The number of phenolic OH excluding ortho intramolecular Hbond substituents is 1. The van der Waals surface area contributed by atoms with Gasteiger partial charge >= 0.3 is 5.63 Å². The SMILES string of the molecule is O=c1oc2c(F)c(O)ccc2cc1-c1cccs1. The summed E-state index contributed by atoms with van der Waals surface area (Å²) >= 11 is 1.40. The average Bonchev–Trinajstić information content (AvgIpc) is 2.88. The summed E-state index contributed by atoms with van der Waals surface area (Å²) < 4.78 is 18.5. The van der Waals surface area contributed by atoms with Gasteiger partial charge in [0.05, 0.1) is 5.56 Å². The second-order valence-electron chi connectivity index (χ2n) is 3.74. The molecule has 3 rings (SSSR count). The lowest BCUT2D eigenvalue weighted by atomic mass is 10.1. The highest BCUT2D eigenvalue weighted by Gasteiger charge is 2.13. The number of hydrogen-bond acceptors (Lipinski definition) is 4. The molecular formula is C13H7FO3S. The van der Waals surface area contributed by atoms with Crippen molar-refractivity contribution in [1.82, 2.24) is 0 Å². The number of aromatic hydroxyl groups is 1. The third kappa shape index (κ3) is 1.60. The Morgan fingerprint density at radius 3 is 2.83 bits per heavy atom. The van der Waals surface area contributed by atoms with Crippen LogP contribution in [0.2, 0.25) is 0 Å². The van der Waals surface area contributed by atoms with Gasteiger partial charge in [-0.3, -0.25) is 0 Å². The van der Waals surface area contributed by atoms with Crippen LogP contribution in [-0.2, 0) is 0 Å². The number of fused-ring (bicyclic) bond motifs is 1. The largest absolute Gasteiger partial charge is 0.505 e. The van der Waals surface area contributed by atoms with Gasteiger partial charge in [0, 0.05) is 10.3 Å². The van der Waals surface area contributed by atoms with Gasteiger partial charge in [-0.05, 0) is 29.6 Å². The van der Waals surface area contributed by atoms with Crippen molar-refractivity contribution in [3.05, 3.63) is 51.9 Å². The number of rotatable bonds is 1. The molecule has 3 nitrogen and oxygen atoms in total. The summed E-state index contributed by atoms with van der Waals surface area (Å²) in [5.41, 5.74) is -0.447. The van der Waals surface area contributed by atoms with E-state index in [9.17, 15) is 14.3 Å². The predicted octanol–water partition coefficient (Wildman–Crippen LogP) is 3.37. The Labute approximate surface area is 105 Å². The highest BCUT2D eigenvalue weighted by atomic mass is 32.1. The maximum absolute atomic E-state index is 13.6. The molecular weight excluding hydrogens is 255 g/mol. The normalized spacial score (nSPS) is 10.9. The van der Waals surface area contributed by atoms with Gasteiger partial charge < -0.3 is 9.52 Å². The Bertz CT molecular complexity index is 775. The van der Waals surface area contributed by atoms with Crippen molar-refractivity contribution in [1.29, 1.82) is 0 Å². The zero-order valence-corrected chi connectivity index (χ0v) is 9.83. The molecule has 0 fully saturated rings. The molecule has 0 aliphatic carbocycles. The zero-order chi connectivity index (χ0) is 12.7. The standard InChI is InChI=1S/C13H7FO3S/c14-11-9(15)4-3-7-6-8(10-2-1-5-18-10)13(16)17-12(7)11/h1-6,15H. The van der Waals surface area contributed by atoms with Crippen molar-refractivity contribution in [3.63, 3.8) is 0 Å². The van der Waals surface area contributed by atoms with E-state index in [0.29, 0.717) is 10.9 Å². The van der Waals surface area contributed by atoms with Gasteiger partial charge in [0.2, 0.25) is 5.82 Å². The Morgan fingerprint density at radius 2 is 2.11 bits per heavy atom. The van der Waals surface area contributed by atoms with Crippen LogP contribution >= 0.6 is 11.3 Å². The summed E-state index contributed by atoms with van der Waals surface area (Å²) in [5, 5.41) is 11.5. The first-order chi connectivity index (χ1) is 8.66. The molecule has 0 amide bonds. The van der Waals surface area contributed by atoms with Crippen molar-refractivity contribution in [3.8, 4) is 16.2 Å². The summed E-state index contributed by atoms with van der Waals surface area (Å²) in [6.45, 7) is 0. The van der Waals surface area contributed by atoms with Gasteiger partial charge in [0.25, 0.3) is 0 Å². The average molecular weight is 262 g/mol. The molecule has 1 aromatic carbocycles. The summed E-state index contributed by atoms with van der Waals surface area (Å²) in [5.74, 6) is -1.45. The van der Waals surface area contributed by atoms with Crippen LogP contribution in [0.3, 0.4) is 0 Å². The van der Waals surface area contributed by atoms with Crippen LogP contribution in [0, 0.1) is 5.82 Å². The first kappa shape index (κ1) is 11.0. The lowest BCUT2D eigenvalue weighted by molar-refractivity contribution is 0.425. The third-order valence-corrected chi connectivity index (χ3v) is 3.51. The summed E-state index contributed by atoms with van der Waals surface area (Å²) in [4.78, 5) is 12.5. The fraction of sp³-hybridized carbons (Fsp3) is 0. The summed E-state index contributed by atoms with van der Waals surface area (Å²) in [6, 6.07) is 7.92. The molecule has 2 heterocycles. The van der Waals surface area contributed by atoms with E-state index in [2.05, 4.69) is 0 Å². The molecule has 3 aromatic rings. The lowest BCUT2D eigenvalue weighted by Gasteiger charge is -2.02. The van der Waals surface area contributed by atoms with Gasteiger partial charge in [-0.15, -0.1) is 11.3 Å². The van der Waals surface area contributed by atoms with E-state index in [1.165, 1.54) is 23.5 Å². The number of benzene rings is 1. The molecule has 18 heavy (non-hydrogen) atoms. The quantitative estimate of drug-likeness (QED) is 0.684. The molecule has 0 saturated heterocycles. The fourth-order valence-electron chi connectivity index (χ4n) is 1.74. The van der Waals surface area contributed by atoms with Crippen LogP contribution in [0.1, 0.15) is 0 Å². The summed E-state index contributed by atoms with van der Waals surface area (Å²) in [6.07, 6.45) is 0. The molecule has 0 aliphatic heterocycles. The molecule has 1 N–H and O–H groups in total. The van der Waals surface area contributed by atoms with Crippen molar-refractivity contribution >= 4 is 22.3 Å². The second kappa shape index (κ2) is 3.96. The zero-order valence-electron chi connectivity index (χ0n) is 9.01. The van der Waals surface area contributed by atoms with Gasteiger partial charge in [-0.25, -0.2) is 4.79 Å². The van der Waals surface area contributed by atoms with Crippen LogP contribution in [0.25, 0.3) is 21.4 Å². The Morgan fingerprint density at radius 1 is 1.28 bits per heavy atom. The van der Waals surface area contributed by atoms with E-state index in [0.717, 1.165) is 4.88 Å². The molecule has 0 unspecified atom stereocenters. The Balaban J connectivity index is 2.36. The predicted molar refractivity (Wildman–Crippen MR) is 67.4 cm³/mol. The number of halogens is 1. The van der Waals surface area contributed by atoms with Crippen molar-refractivity contribution in [2.75, 3.05) is 0 Å². The van der Waals surface area contributed by atoms with Gasteiger partial charge in [-0.2, -0.15) is 4.39 Å². The van der Waals surface area contributed by atoms with Crippen LogP contribution in [-0.4, -0.2) is 5.11 Å². The minimum absolute atomic E-state index is 0.222. The molecule has 5 heteroatoms. The Kier molecular flexibility index (Phi) is 2.41. The smallest absolute Gasteiger partial charge is 0.345 e. The molecule has 0 radical (unpaired) electrons. The maximum atomic E-state index is 13.6. The number of hydrogen-bond donors (Lipinski definition) is 1. The minimum Gasteiger partial charge on any atom is -0.505 e.